The van der Waals surface area contributed by atoms with Crippen LogP contribution in [0.25, 0.3) is 0 Å². The first kappa shape index (κ1) is 12.6. The molecule has 1 heterocycles. The highest BCUT2D eigenvalue weighted by Crippen LogP contribution is 2.08. The molecule has 0 spiro atoms. The molecule has 1 aromatic carbocycles. The van der Waals surface area contributed by atoms with Crippen LogP contribution < -0.4 is 5.32 Å². The van der Waals surface area contributed by atoms with Gasteiger partial charge in [-0.3, -0.25) is 4.98 Å². The van der Waals surface area contributed by atoms with Crippen molar-refractivity contribution in [1.82, 2.24) is 10.3 Å². The number of hydrogen-bond acceptors (Lipinski definition) is 2. The average Bonchev–Trinajstić information content (AvgIpc) is 2.40. The third-order valence-corrected chi connectivity index (χ3v) is 2.65. The van der Waals surface area contributed by atoms with Crippen molar-refractivity contribution in [2.75, 3.05) is 6.54 Å². The second kappa shape index (κ2) is 6.21. The van der Waals surface area contributed by atoms with Gasteiger partial charge in [0.1, 0.15) is 0 Å². The average molecular weight is 248 g/mol. The largest absolute Gasteiger partial charge is 0.312 e. The molecule has 0 bridgehead atoms. The Balaban J connectivity index is 1.77. The summed E-state index contributed by atoms with van der Waals surface area (Å²) in [5.41, 5.74) is 1.94. The van der Waals surface area contributed by atoms with Crippen molar-refractivity contribution in [2.45, 2.75) is 13.0 Å². The third kappa shape index (κ3) is 3.60. The number of rotatable bonds is 5. The van der Waals surface area contributed by atoms with Crippen LogP contribution in [-0.2, 0) is 13.0 Å². The maximum absolute atomic E-state index is 12.9. The zero-order valence-corrected chi connectivity index (χ0v) is 9.87. The summed E-state index contributed by atoms with van der Waals surface area (Å²) in [6.45, 7) is 1.31. The van der Waals surface area contributed by atoms with Crippen LogP contribution in [0.4, 0.5) is 8.78 Å². The van der Waals surface area contributed by atoms with E-state index in [4.69, 9.17) is 0 Å². The van der Waals surface area contributed by atoms with Gasteiger partial charge in [-0.15, -0.1) is 0 Å². The molecule has 2 nitrogen and oxygen atoms in total. The standard InChI is InChI=1S/C14H14F2N2/c15-13-2-1-12(9-14(13)16)10-18-8-5-11-3-6-17-7-4-11/h1-4,6-7,9,18H,5,8,10H2. The van der Waals surface area contributed by atoms with Crippen LogP contribution in [0.3, 0.4) is 0 Å². The first-order valence-electron chi connectivity index (χ1n) is 5.79. The molecule has 94 valence electrons. The van der Waals surface area contributed by atoms with Crippen LogP contribution in [0.15, 0.2) is 42.7 Å². The third-order valence-electron chi connectivity index (χ3n) is 2.65. The number of hydrogen-bond donors (Lipinski definition) is 1. The van der Waals surface area contributed by atoms with Gasteiger partial charge in [0.2, 0.25) is 0 Å². The Hall–Kier alpha value is -1.81. The van der Waals surface area contributed by atoms with Gasteiger partial charge in [-0.1, -0.05) is 6.07 Å². The number of benzene rings is 1. The van der Waals surface area contributed by atoms with Crippen molar-refractivity contribution in [1.29, 1.82) is 0 Å². The van der Waals surface area contributed by atoms with Gasteiger partial charge in [-0.25, -0.2) is 8.78 Å². The molecule has 0 amide bonds. The highest BCUT2D eigenvalue weighted by atomic mass is 19.2. The maximum atomic E-state index is 12.9. The lowest BCUT2D eigenvalue weighted by Gasteiger charge is -2.05. The number of nitrogens with zero attached hydrogens (tertiary/aromatic N) is 1. The molecule has 18 heavy (non-hydrogen) atoms. The topological polar surface area (TPSA) is 24.9 Å². The lowest BCUT2D eigenvalue weighted by Crippen LogP contribution is -2.16. The molecular weight excluding hydrogens is 234 g/mol. The van der Waals surface area contributed by atoms with E-state index in [1.807, 2.05) is 12.1 Å². The van der Waals surface area contributed by atoms with E-state index in [9.17, 15) is 8.78 Å². The molecule has 0 radical (unpaired) electrons. The SMILES string of the molecule is Fc1ccc(CNCCc2ccncc2)cc1F. The van der Waals surface area contributed by atoms with Gasteiger partial charge in [-0.05, 0) is 48.4 Å². The predicted octanol–water partition coefficient (Wildman–Crippen LogP) is 2.69. The molecular formula is C14H14F2N2. The van der Waals surface area contributed by atoms with E-state index < -0.39 is 11.6 Å². The van der Waals surface area contributed by atoms with Gasteiger partial charge in [0.25, 0.3) is 0 Å². The fourth-order valence-corrected chi connectivity index (χ4v) is 1.66. The van der Waals surface area contributed by atoms with Gasteiger partial charge in [0, 0.05) is 18.9 Å². The molecule has 2 rings (SSSR count). The van der Waals surface area contributed by atoms with Crippen molar-refractivity contribution >= 4 is 0 Å². The normalized spacial score (nSPS) is 10.6. The smallest absolute Gasteiger partial charge is 0.159 e. The molecule has 0 aliphatic carbocycles. The predicted molar refractivity (Wildman–Crippen MR) is 66.0 cm³/mol. The summed E-state index contributed by atoms with van der Waals surface area (Å²) in [5, 5.41) is 3.19. The van der Waals surface area contributed by atoms with Gasteiger partial charge in [-0.2, -0.15) is 0 Å². The molecule has 4 heteroatoms. The van der Waals surface area contributed by atoms with E-state index in [1.165, 1.54) is 11.6 Å². The zero-order chi connectivity index (χ0) is 12.8. The molecule has 1 N–H and O–H groups in total. The highest BCUT2D eigenvalue weighted by molar-refractivity contribution is 5.17. The number of pyridine rings is 1. The Bertz CT molecular complexity index is 500. The summed E-state index contributed by atoms with van der Waals surface area (Å²) in [6.07, 6.45) is 4.39. The molecule has 0 aliphatic heterocycles. The Morgan fingerprint density at radius 1 is 0.944 bits per heavy atom. The van der Waals surface area contributed by atoms with Crippen LogP contribution in [-0.4, -0.2) is 11.5 Å². The summed E-state index contributed by atoms with van der Waals surface area (Å²) in [7, 11) is 0. The molecule has 0 unspecified atom stereocenters. The Morgan fingerprint density at radius 3 is 2.44 bits per heavy atom. The van der Waals surface area contributed by atoms with E-state index >= 15 is 0 Å². The zero-order valence-electron chi connectivity index (χ0n) is 9.87. The van der Waals surface area contributed by atoms with Crippen LogP contribution >= 0.6 is 0 Å². The minimum Gasteiger partial charge on any atom is -0.312 e. The summed E-state index contributed by atoms with van der Waals surface area (Å²) >= 11 is 0. The first-order chi connectivity index (χ1) is 8.75. The molecule has 2 aromatic rings. The first-order valence-corrected chi connectivity index (χ1v) is 5.79. The van der Waals surface area contributed by atoms with Gasteiger partial charge >= 0.3 is 0 Å². The number of aromatic nitrogens is 1. The highest BCUT2D eigenvalue weighted by Gasteiger charge is 2.01. The number of nitrogens with one attached hydrogen (secondary N) is 1. The fraction of sp³-hybridized carbons (Fsp3) is 0.214. The monoisotopic (exact) mass is 248 g/mol. The minimum absolute atomic E-state index is 0.530. The van der Waals surface area contributed by atoms with Crippen LogP contribution in [0, 0.1) is 11.6 Å². The lowest BCUT2D eigenvalue weighted by molar-refractivity contribution is 0.506. The van der Waals surface area contributed by atoms with Crippen molar-refractivity contribution in [3.05, 3.63) is 65.5 Å². The summed E-state index contributed by atoms with van der Waals surface area (Å²) in [6, 6.07) is 7.86. The molecule has 1 aromatic heterocycles. The van der Waals surface area contributed by atoms with Gasteiger partial charge in [0.15, 0.2) is 11.6 Å². The Kier molecular flexibility index (Phi) is 4.36. The maximum Gasteiger partial charge on any atom is 0.159 e. The second-order valence-electron chi connectivity index (χ2n) is 4.03. The van der Waals surface area contributed by atoms with Crippen molar-refractivity contribution < 1.29 is 8.78 Å². The quantitative estimate of drug-likeness (QED) is 0.823. The minimum atomic E-state index is -0.810. The Labute approximate surface area is 105 Å². The van der Waals surface area contributed by atoms with Crippen LogP contribution in [0.2, 0.25) is 0 Å². The van der Waals surface area contributed by atoms with Crippen molar-refractivity contribution in [3.63, 3.8) is 0 Å². The fourth-order valence-electron chi connectivity index (χ4n) is 1.66. The van der Waals surface area contributed by atoms with Crippen molar-refractivity contribution in [3.8, 4) is 0 Å². The molecule has 0 aliphatic rings. The van der Waals surface area contributed by atoms with E-state index in [0.29, 0.717) is 6.54 Å². The lowest BCUT2D eigenvalue weighted by atomic mass is 10.2. The molecule has 0 atom stereocenters. The van der Waals surface area contributed by atoms with Crippen LogP contribution in [0.1, 0.15) is 11.1 Å². The van der Waals surface area contributed by atoms with E-state index in [1.54, 1.807) is 18.5 Å². The van der Waals surface area contributed by atoms with E-state index in [2.05, 4.69) is 10.3 Å². The van der Waals surface area contributed by atoms with Crippen molar-refractivity contribution in [2.24, 2.45) is 0 Å². The molecule has 0 saturated carbocycles. The van der Waals surface area contributed by atoms with Gasteiger partial charge < -0.3 is 5.32 Å². The van der Waals surface area contributed by atoms with E-state index in [-0.39, 0.29) is 0 Å². The Morgan fingerprint density at radius 2 is 1.72 bits per heavy atom. The molecule has 0 fully saturated rings. The van der Waals surface area contributed by atoms with Crippen LogP contribution in [0.5, 0.6) is 0 Å². The van der Waals surface area contributed by atoms with E-state index in [0.717, 1.165) is 24.6 Å². The number of halogens is 2. The molecule has 0 saturated heterocycles. The summed E-state index contributed by atoms with van der Waals surface area (Å²) in [5.74, 6) is -1.61. The van der Waals surface area contributed by atoms with Gasteiger partial charge in [0.05, 0.1) is 0 Å². The summed E-state index contributed by atoms with van der Waals surface area (Å²) < 4.78 is 25.7. The second-order valence-corrected chi connectivity index (χ2v) is 4.03. The summed E-state index contributed by atoms with van der Waals surface area (Å²) in [4.78, 5) is 3.94.